The van der Waals surface area contributed by atoms with E-state index in [0.717, 1.165) is 5.69 Å². The van der Waals surface area contributed by atoms with Crippen molar-refractivity contribution in [2.45, 2.75) is 31.3 Å². The molecule has 0 spiro atoms. The molecule has 0 unspecified atom stereocenters. The first-order chi connectivity index (χ1) is 8.08. The van der Waals surface area contributed by atoms with Crippen LogP contribution in [-0.2, 0) is 0 Å². The summed E-state index contributed by atoms with van der Waals surface area (Å²) >= 11 is 11.9. The fourth-order valence-corrected chi connectivity index (χ4v) is 2.83. The maximum absolute atomic E-state index is 6.02. The number of rotatable bonds is 3. The lowest BCUT2D eigenvalue weighted by molar-refractivity contribution is 0.285. The van der Waals surface area contributed by atoms with Gasteiger partial charge in [-0.25, -0.2) is 0 Å². The van der Waals surface area contributed by atoms with Crippen molar-refractivity contribution in [2.75, 3.05) is 19.4 Å². The quantitative estimate of drug-likeness (QED) is 0.898. The van der Waals surface area contributed by atoms with Crippen LogP contribution in [0.4, 0.5) is 5.69 Å². The van der Waals surface area contributed by atoms with Crippen molar-refractivity contribution in [1.82, 2.24) is 4.90 Å². The van der Waals surface area contributed by atoms with Gasteiger partial charge >= 0.3 is 0 Å². The standard InChI is InChI=1S/C13H18Cl2N2/c1-17(2)13-5-3-4-12(13)16-9-6-7-10(14)11(15)8-9/h6-8,12-13,16H,3-5H2,1-2H3/t12-,13-/m0/s1. The second kappa shape index (κ2) is 5.47. The number of hydrogen-bond donors (Lipinski definition) is 1. The van der Waals surface area contributed by atoms with Crippen LogP contribution in [0.5, 0.6) is 0 Å². The van der Waals surface area contributed by atoms with Gasteiger partial charge in [-0.2, -0.15) is 0 Å². The van der Waals surface area contributed by atoms with Crippen LogP contribution in [-0.4, -0.2) is 31.1 Å². The van der Waals surface area contributed by atoms with E-state index < -0.39 is 0 Å². The zero-order valence-corrected chi connectivity index (χ0v) is 11.7. The zero-order valence-electron chi connectivity index (χ0n) is 10.2. The Balaban J connectivity index is 2.07. The van der Waals surface area contributed by atoms with Crippen LogP contribution in [0, 0.1) is 0 Å². The maximum Gasteiger partial charge on any atom is 0.0612 e. The van der Waals surface area contributed by atoms with Gasteiger partial charge in [0.25, 0.3) is 0 Å². The van der Waals surface area contributed by atoms with E-state index in [1.165, 1.54) is 19.3 Å². The van der Waals surface area contributed by atoms with E-state index >= 15 is 0 Å². The summed E-state index contributed by atoms with van der Waals surface area (Å²) in [6, 6.07) is 6.83. The molecule has 1 aliphatic carbocycles. The molecule has 1 aromatic carbocycles. The molecule has 17 heavy (non-hydrogen) atoms. The summed E-state index contributed by atoms with van der Waals surface area (Å²) in [6.45, 7) is 0. The molecular formula is C13H18Cl2N2. The third-order valence-electron chi connectivity index (χ3n) is 3.41. The van der Waals surface area contributed by atoms with Crippen LogP contribution in [0.15, 0.2) is 18.2 Å². The Morgan fingerprint density at radius 1 is 1.18 bits per heavy atom. The summed E-state index contributed by atoms with van der Waals surface area (Å²) in [5.74, 6) is 0. The summed E-state index contributed by atoms with van der Waals surface area (Å²) in [5, 5.41) is 4.77. The lowest BCUT2D eigenvalue weighted by atomic mass is 10.1. The maximum atomic E-state index is 6.02. The van der Waals surface area contributed by atoms with E-state index in [4.69, 9.17) is 23.2 Å². The third kappa shape index (κ3) is 3.06. The van der Waals surface area contributed by atoms with Crippen molar-refractivity contribution in [1.29, 1.82) is 0 Å². The SMILES string of the molecule is CN(C)[C@H]1CCC[C@@H]1Nc1ccc(Cl)c(Cl)c1. The Bertz CT molecular complexity index is 393. The van der Waals surface area contributed by atoms with Crippen LogP contribution < -0.4 is 5.32 Å². The molecule has 0 bridgehead atoms. The van der Waals surface area contributed by atoms with Gasteiger partial charge in [-0.3, -0.25) is 0 Å². The second-order valence-electron chi connectivity index (χ2n) is 4.84. The third-order valence-corrected chi connectivity index (χ3v) is 4.15. The van der Waals surface area contributed by atoms with Gasteiger partial charge in [0.2, 0.25) is 0 Å². The van der Waals surface area contributed by atoms with Crippen LogP contribution in [0.3, 0.4) is 0 Å². The molecule has 2 nitrogen and oxygen atoms in total. The fraction of sp³-hybridized carbons (Fsp3) is 0.538. The highest BCUT2D eigenvalue weighted by Crippen LogP contribution is 2.29. The number of hydrogen-bond acceptors (Lipinski definition) is 2. The van der Waals surface area contributed by atoms with Crippen molar-refractivity contribution in [3.8, 4) is 0 Å². The van der Waals surface area contributed by atoms with Gasteiger partial charge in [0.1, 0.15) is 0 Å². The molecular weight excluding hydrogens is 255 g/mol. The molecule has 0 radical (unpaired) electrons. The number of nitrogens with zero attached hydrogens (tertiary/aromatic N) is 1. The highest BCUT2D eigenvalue weighted by Gasteiger charge is 2.28. The van der Waals surface area contributed by atoms with Gasteiger partial charge in [0, 0.05) is 17.8 Å². The molecule has 1 aromatic rings. The average molecular weight is 273 g/mol. The van der Waals surface area contributed by atoms with Gasteiger partial charge in [-0.05, 0) is 51.6 Å². The minimum atomic E-state index is 0.502. The number of nitrogens with one attached hydrogen (secondary N) is 1. The Morgan fingerprint density at radius 2 is 1.94 bits per heavy atom. The molecule has 0 heterocycles. The summed E-state index contributed by atoms with van der Waals surface area (Å²) in [7, 11) is 4.28. The minimum absolute atomic E-state index is 0.502. The van der Waals surface area contributed by atoms with E-state index in [1.54, 1.807) is 0 Å². The Morgan fingerprint density at radius 3 is 2.59 bits per heavy atom. The van der Waals surface area contributed by atoms with Crippen molar-refractivity contribution >= 4 is 28.9 Å². The van der Waals surface area contributed by atoms with Crippen molar-refractivity contribution in [3.63, 3.8) is 0 Å². The summed E-state index contributed by atoms with van der Waals surface area (Å²) in [5.41, 5.74) is 1.05. The zero-order chi connectivity index (χ0) is 12.4. The molecule has 94 valence electrons. The second-order valence-corrected chi connectivity index (χ2v) is 5.66. The number of halogens is 2. The molecule has 0 saturated heterocycles. The molecule has 0 aromatic heterocycles. The number of anilines is 1. The smallest absolute Gasteiger partial charge is 0.0612 e. The van der Waals surface area contributed by atoms with E-state index in [9.17, 15) is 0 Å². The van der Waals surface area contributed by atoms with Crippen molar-refractivity contribution < 1.29 is 0 Å². The monoisotopic (exact) mass is 272 g/mol. The van der Waals surface area contributed by atoms with Crippen LogP contribution in [0.25, 0.3) is 0 Å². The molecule has 0 aliphatic heterocycles. The summed E-state index contributed by atoms with van der Waals surface area (Å²) < 4.78 is 0. The molecule has 1 fully saturated rings. The predicted octanol–water partition coefficient (Wildman–Crippen LogP) is 3.89. The Kier molecular flexibility index (Phi) is 4.18. The van der Waals surface area contributed by atoms with E-state index in [1.807, 2.05) is 18.2 Å². The van der Waals surface area contributed by atoms with Gasteiger partial charge in [-0.1, -0.05) is 23.2 Å². The molecule has 1 N–H and O–H groups in total. The Labute approximate surface area is 113 Å². The predicted molar refractivity (Wildman–Crippen MR) is 75.2 cm³/mol. The lowest BCUT2D eigenvalue weighted by Gasteiger charge is -2.27. The van der Waals surface area contributed by atoms with E-state index in [2.05, 4.69) is 24.3 Å². The number of likely N-dealkylation sites (N-methyl/N-ethyl adjacent to an activating group) is 1. The molecule has 2 rings (SSSR count). The molecule has 0 amide bonds. The highest BCUT2D eigenvalue weighted by molar-refractivity contribution is 6.42. The van der Waals surface area contributed by atoms with Gasteiger partial charge < -0.3 is 10.2 Å². The number of benzene rings is 1. The highest BCUT2D eigenvalue weighted by atomic mass is 35.5. The van der Waals surface area contributed by atoms with Gasteiger partial charge in [0.05, 0.1) is 10.0 Å². The molecule has 1 saturated carbocycles. The Hall–Kier alpha value is -0.440. The first-order valence-electron chi connectivity index (χ1n) is 5.96. The topological polar surface area (TPSA) is 15.3 Å². The molecule has 2 atom stereocenters. The summed E-state index contributed by atoms with van der Waals surface area (Å²) in [6.07, 6.45) is 3.75. The molecule has 1 aliphatic rings. The molecule has 4 heteroatoms. The first kappa shape index (κ1) is 13.0. The van der Waals surface area contributed by atoms with E-state index in [-0.39, 0.29) is 0 Å². The largest absolute Gasteiger partial charge is 0.381 e. The lowest BCUT2D eigenvalue weighted by Crippen LogP contribution is -2.39. The van der Waals surface area contributed by atoms with Gasteiger partial charge in [-0.15, -0.1) is 0 Å². The van der Waals surface area contributed by atoms with Crippen molar-refractivity contribution in [3.05, 3.63) is 28.2 Å². The minimum Gasteiger partial charge on any atom is -0.381 e. The van der Waals surface area contributed by atoms with Crippen LogP contribution in [0.1, 0.15) is 19.3 Å². The van der Waals surface area contributed by atoms with Crippen molar-refractivity contribution in [2.24, 2.45) is 0 Å². The van der Waals surface area contributed by atoms with Crippen LogP contribution in [0.2, 0.25) is 10.0 Å². The van der Waals surface area contributed by atoms with Crippen LogP contribution >= 0.6 is 23.2 Å². The fourth-order valence-electron chi connectivity index (χ4n) is 2.53. The summed E-state index contributed by atoms with van der Waals surface area (Å²) in [4.78, 5) is 2.29. The van der Waals surface area contributed by atoms with E-state index in [0.29, 0.717) is 22.1 Å². The first-order valence-corrected chi connectivity index (χ1v) is 6.71. The van der Waals surface area contributed by atoms with Gasteiger partial charge in [0.15, 0.2) is 0 Å². The normalized spacial score (nSPS) is 24.3. The average Bonchev–Trinajstić information content (AvgIpc) is 2.72.